The van der Waals surface area contributed by atoms with Crippen molar-refractivity contribution < 1.29 is 4.79 Å². The summed E-state index contributed by atoms with van der Waals surface area (Å²) >= 11 is 0. The van der Waals surface area contributed by atoms with Crippen molar-refractivity contribution in [2.24, 2.45) is 0 Å². The van der Waals surface area contributed by atoms with E-state index in [9.17, 15) is 4.79 Å². The summed E-state index contributed by atoms with van der Waals surface area (Å²) in [4.78, 5) is 17.3. The molecule has 0 spiro atoms. The van der Waals surface area contributed by atoms with E-state index in [2.05, 4.69) is 10.3 Å². The van der Waals surface area contributed by atoms with E-state index in [-0.39, 0.29) is 5.91 Å². The molecule has 3 nitrogen and oxygen atoms in total. The molecule has 0 atom stereocenters. The average Bonchev–Trinajstić information content (AvgIpc) is 2.80. The number of rotatable bonds is 5. The molecule has 1 aromatic heterocycles. The fraction of sp³-hybridized carbons (Fsp3) is 0.0400. The third-order valence-electron chi connectivity index (χ3n) is 4.85. The molecule has 136 valence electrons. The van der Waals surface area contributed by atoms with Crippen molar-refractivity contribution in [1.29, 1.82) is 0 Å². The lowest BCUT2D eigenvalue weighted by atomic mass is 9.77. The first-order valence-electron chi connectivity index (χ1n) is 9.20. The van der Waals surface area contributed by atoms with Crippen LogP contribution in [0.5, 0.6) is 0 Å². The molecule has 0 saturated heterocycles. The van der Waals surface area contributed by atoms with Crippen molar-refractivity contribution in [3.63, 3.8) is 0 Å². The molecule has 0 fully saturated rings. The third kappa shape index (κ3) is 3.30. The summed E-state index contributed by atoms with van der Waals surface area (Å²) in [7, 11) is 0. The number of nitrogens with one attached hydrogen (secondary N) is 1. The molecule has 3 aromatic carbocycles. The minimum absolute atomic E-state index is 0.176. The Balaban J connectivity index is 1.95. The minimum atomic E-state index is -0.823. The van der Waals surface area contributed by atoms with Gasteiger partial charge in [-0.2, -0.15) is 0 Å². The van der Waals surface area contributed by atoms with E-state index < -0.39 is 5.54 Å². The predicted octanol–water partition coefficient (Wildman–Crippen LogP) is 4.80. The monoisotopic (exact) mass is 364 g/mol. The molecule has 0 radical (unpaired) electrons. The van der Waals surface area contributed by atoms with Crippen LogP contribution in [-0.2, 0) is 5.54 Å². The smallest absolute Gasteiger partial charge is 0.254 e. The number of amides is 1. The van der Waals surface area contributed by atoms with Gasteiger partial charge in [0.1, 0.15) is 5.54 Å². The Hall–Kier alpha value is -3.72. The highest BCUT2D eigenvalue weighted by Gasteiger charge is 2.38. The molecular formula is C25H20N2O. The van der Waals surface area contributed by atoms with Crippen molar-refractivity contribution in [3.8, 4) is 0 Å². The molecule has 4 rings (SSSR count). The van der Waals surface area contributed by atoms with Gasteiger partial charge in [0, 0.05) is 12.4 Å². The van der Waals surface area contributed by atoms with E-state index in [0.29, 0.717) is 5.56 Å². The maximum atomic E-state index is 13.2. The summed E-state index contributed by atoms with van der Waals surface area (Å²) < 4.78 is 0. The summed E-state index contributed by atoms with van der Waals surface area (Å²) in [5, 5.41) is 3.32. The molecule has 0 aliphatic carbocycles. The van der Waals surface area contributed by atoms with Gasteiger partial charge >= 0.3 is 0 Å². The highest BCUT2D eigenvalue weighted by Crippen LogP contribution is 2.37. The first-order chi connectivity index (χ1) is 13.8. The molecule has 0 aliphatic rings. The molecule has 3 heteroatoms. The largest absolute Gasteiger partial charge is 0.334 e. The van der Waals surface area contributed by atoms with E-state index in [1.807, 2.05) is 91.0 Å². The van der Waals surface area contributed by atoms with Crippen LogP contribution in [0.2, 0.25) is 0 Å². The van der Waals surface area contributed by atoms with Crippen molar-refractivity contribution in [2.75, 3.05) is 0 Å². The molecule has 0 aliphatic heterocycles. The van der Waals surface area contributed by atoms with Crippen LogP contribution in [0.25, 0.3) is 0 Å². The molecule has 4 aromatic rings. The lowest BCUT2D eigenvalue weighted by molar-refractivity contribution is 0.0924. The maximum Gasteiger partial charge on any atom is 0.254 e. The van der Waals surface area contributed by atoms with E-state index in [4.69, 9.17) is 0 Å². The van der Waals surface area contributed by atoms with Gasteiger partial charge in [-0.05, 0) is 28.8 Å². The molecule has 1 N–H and O–H groups in total. The van der Waals surface area contributed by atoms with Gasteiger partial charge < -0.3 is 5.32 Å². The van der Waals surface area contributed by atoms with Gasteiger partial charge in [0.25, 0.3) is 5.91 Å². The standard InChI is InChI=1S/C25H20N2O/c28-24(20-11-10-18-26-19-20)27-25(21-12-4-1-5-13-21,22-14-6-2-7-15-22)23-16-8-3-9-17-23/h1-19H,(H,27,28). The number of aromatic nitrogens is 1. The molecular weight excluding hydrogens is 344 g/mol. The second kappa shape index (κ2) is 7.89. The number of benzene rings is 3. The number of hydrogen-bond acceptors (Lipinski definition) is 2. The minimum Gasteiger partial charge on any atom is -0.334 e. The fourth-order valence-corrected chi connectivity index (χ4v) is 3.52. The number of carbonyl (C=O) groups excluding carboxylic acids is 1. The van der Waals surface area contributed by atoms with Crippen LogP contribution in [0.1, 0.15) is 27.0 Å². The van der Waals surface area contributed by atoms with E-state index in [0.717, 1.165) is 16.7 Å². The lowest BCUT2D eigenvalue weighted by Crippen LogP contribution is -2.47. The Kier molecular flexibility index (Phi) is 4.98. The topological polar surface area (TPSA) is 42.0 Å². The van der Waals surface area contributed by atoms with Gasteiger partial charge in [0.2, 0.25) is 0 Å². The molecule has 0 unspecified atom stereocenters. The molecule has 28 heavy (non-hydrogen) atoms. The van der Waals surface area contributed by atoms with E-state index in [1.165, 1.54) is 0 Å². The highest BCUT2D eigenvalue weighted by atomic mass is 16.1. The maximum absolute atomic E-state index is 13.2. The van der Waals surface area contributed by atoms with Crippen LogP contribution in [0.4, 0.5) is 0 Å². The van der Waals surface area contributed by atoms with Crippen molar-refractivity contribution in [3.05, 3.63) is 138 Å². The summed E-state index contributed by atoms with van der Waals surface area (Å²) in [6, 6.07) is 33.7. The van der Waals surface area contributed by atoms with Crippen LogP contribution in [0.3, 0.4) is 0 Å². The van der Waals surface area contributed by atoms with Crippen LogP contribution in [-0.4, -0.2) is 10.9 Å². The zero-order valence-corrected chi connectivity index (χ0v) is 15.3. The second-order valence-corrected chi connectivity index (χ2v) is 6.54. The third-order valence-corrected chi connectivity index (χ3v) is 4.85. The number of nitrogens with zero attached hydrogens (tertiary/aromatic N) is 1. The molecule has 0 saturated carbocycles. The van der Waals surface area contributed by atoms with Gasteiger partial charge in [-0.3, -0.25) is 9.78 Å². The Labute approximate surface area is 164 Å². The number of hydrogen-bond donors (Lipinski definition) is 1. The first-order valence-corrected chi connectivity index (χ1v) is 9.20. The van der Waals surface area contributed by atoms with Crippen molar-refractivity contribution >= 4 is 5.91 Å². The fourth-order valence-electron chi connectivity index (χ4n) is 3.52. The zero-order valence-electron chi connectivity index (χ0n) is 15.3. The molecule has 1 heterocycles. The molecule has 1 amide bonds. The Morgan fingerprint density at radius 3 is 1.50 bits per heavy atom. The van der Waals surface area contributed by atoms with E-state index >= 15 is 0 Å². The van der Waals surface area contributed by atoms with Crippen LogP contribution < -0.4 is 5.32 Å². The van der Waals surface area contributed by atoms with Crippen LogP contribution in [0, 0.1) is 0 Å². The van der Waals surface area contributed by atoms with Gasteiger partial charge in [-0.1, -0.05) is 91.0 Å². The predicted molar refractivity (Wildman–Crippen MR) is 111 cm³/mol. The number of carbonyl (C=O) groups is 1. The normalized spacial score (nSPS) is 11.0. The van der Waals surface area contributed by atoms with Gasteiger partial charge in [-0.15, -0.1) is 0 Å². The SMILES string of the molecule is O=C(NC(c1ccccc1)(c1ccccc1)c1ccccc1)c1cccnc1. The first kappa shape index (κ1) is 17.7. The Bertz CT molecular complexity index is 936. The summed E-state index contributed by atoms with van der Waals surface area (Å²) in [5.41, 5.74) is 2.67. The van der Waals surface area contributed by atoms with Crippen molar-refractivity contribution in [2.45, 2.75) is 5.54 Å². The van der Waals surface area contributed by atoms with Crippen molar-refractivity contribution in [1.82, 2.24) is 10.3 Å². The average molecular weight is 364 g/mol. The van der Waals surface area contributed by atoms with E-state index in [1.54, 1.807) is 24.5 Å². The second-order valence-electron chi connectivity index (χ2n) is 6.54. The molecule has 0 bridgehead atoms. The number of pyridine rings is 1. The van der Waals surface area contributed by atoms with Crippen LogP contribution >= 0.6 is 0 Å². The van der Waals surface area contributed by atoms with Gasteiger partial charge in [-0.25, -0.2) is 0 Å². The van der Waals surface area contributed by atoms with Crippen LogP contribution in [0.15, 0.2) is 116 Å². The summed E-state index contributed by atoms with van der Waals surface area (Å²) in [5.74, 6) is -0.176. The Morgan fingerprint density at radius 2 is 1.11 bits per heavy atom. The zero-order chi connectivity index (χ0) is 19.2. The summed E-state index contributed by atoms with van der Waals surface area (Å²) in [6.45, 7) is 0. The van der Waals surface area contributed by atoms with Gasteiger partial charge in [0.05, 0.1) is 5.56 Å². The van der Waals surface area contributed by atoms with Gasteiger partial charge in [0.15, 0.2) is 0 Å². The lowest BCUT2D eigenvalue weighted by Gasteiger charge is -2.37. The quantitative estimate of drug-likeness (QED) is 0.517. The summed E-state index contributed by atoms with van der Waals surface area (Å²) in [6.07, 6.45) is 3.25. The Morgan fingerprint density at radius 1 is 0.643 bits per heavy atom. The highest BCUT2D eigenvalue weighted by molar-refractivity contribution is 5.95.